The fraction of sp³-hybridized carbons (Fsp3) is 0.300. The molecule has 0 aliphatic carbocycles. The van der Waals surface area contributed by atoms with Gasteiger partial charge in [0.1, 0.15) is 17.3 Å². The van der Waals surface area contributed by atoms with Gasteiger partial charge in [-0.3, -0.25) is 9.78 Å². The van der Waals surface area contributed by atoms with E-state index in [1.807, 2.05) is 6.92 Å². The lowest BCUT2D eigenvalue weighted by molar-refractivity contribution is 0.0705. The lowest BCUT2D eigenvalue weighted by Crippen LogP contribution is -2.39. The van der Waals surface area contributed by atoms with E-state index in [2.05, 4.69) is 19.9 Å². The Morgan fingerprint density at radius 1 is 1.14 bits per heavy atom. The average Bonchev–Trinajstić information content (AvgIpc) is 3.13. The number of piperidine rings is 1. The number of imidazole rings is 1. The summed E-state index contributed by atoms with van der Waals surface area (Å²) in [5.41, 5.74) is 2.35. The third kappa shape index (κ3) is 3.62. The van der Waals surface area contributed by atoms with Crippen molar-refractivity contribution in [3.05, 3.63) is 65.4 Å². The Balaban J connectivity index is 1.60. The predicted molar refractivity (Wildman–Crippen MR) is 98.6 cm³/mol. The normalized spacial score (nSPS) is 17.0. The summed E-state index contributed by atoms with van der Waals surface area (Å²) in [6.07, 6.45) is 6.56. The van der Waals surface area contributed by atoms with Crippen LogP contribution in [0.2, 0.25) is 0 Å². The number of aryl methyl sites for hydroxylation is 1. The number of halogens is 2. The van der Waals surface area contributed by atoms with Crippen LogP contribution in [0.15, 0.2) is 36.8 Å². The van der Waals surface area contributed by atoms with Crippen molar-refractivity contribution in [2.75, 3.05) is 13.1 Å². The van der Waals surface area contributed by atoms with Gasteiger partial charge in [-0.25, -0.2) is 18.7 Å². The number of amides is 1. The molecule has 3 aromatic rings. The van der Waals surface area contributed by atoms with Gasteiger partial charge >= 0.3 is 0 Å². The number of nitrogens with one attached hydrogen (secondary N) is 1. The quantitative estimate of drug-likeness (QED) is 0.752. The van der Waals surface area contributed by atoms with Crippen molar-refractivity contribution in [2.24, 2.45) is 0 Å². The first-order valence-electron chi connectivity index (χ1n) is 9.09. The molecule has 0 unspecified atom stereocenters. The van der Waals surface area contributed by atoms with E-state index in [1.165, 1.54) is 0 Å². The molecule has 0 saturated carbocycles. The Hall–Kier alpha value is -3.16. The molecule has 2 aromatic heterocycles. The van der Waals surface area contributed by atoms with E-state index < -0.39 is 11.6 Å². The standard InChI is InChI=1S/C20H19F2N5O/c1-12-10-25-19(26-12)18-17(23-4-5-24-18)13-3-2-6-27(11-13)20(28)14-7-15(21)9-16(22)8-14/h4-5,7-10,13H,2-3,6,11H2,1H3,(H,25,26)/t13-/m1/s1. The Kier molecular flexibility index (Phi) is 4.85. The van der Waals surface area contributed by atoms with Crippen LogP contribution in [-0.2, 0) is 0 Å². The molecule has 1 saturated heterocycles. The number of aromatic nitrogens is 4. The van der Waals surface area contributed by atoms with Gasteiger partial charge in [0.05, 0.1) is 5.69 Å². The summed E-state index contributed by atoms with van der Waals surface area (Å²) < 4.78 is 27.0. The Bertz CT molecular complexity index is 999. The van der Waals surface area contributed by atoms with Crippen molar-refractivity contribution in [1.29, 1.82) is 0 Å². The van der Waals surface area contributed by atoms with E-state index in [-0.39, 0.29) is 17.4 Å². The van der Waals surface area contributed by atoms with Crippen molar-refractivity contribution in [1.82, 2.24) is 24.8 Å². The monoisotopic (exact) mass is 383 g/mol. The van der Waals surface area contributed by atoms with Crippen LogP contribution in [0.5, 0.6) is 0 Å². The predicted octanol–water partition coefficient (Wildman–Crippen LogP) is 3.47. The second-order valence-electron chi connectivity index (χ2n) is 6.95. The summed E-state index contributed by atoms with van der Waals surface area (Å²) in [4.78, 5) is 30.8. The summed E-state index contributed by atoms with van der Waals surface area (Å²) in [6.45, 7) is 2.84. The van der Waals surface area contributed by atoms with Gasteiger partial charge in [0.2, 0.25) is 0 Å². The van der Waals surface area contributed by atoms with Crippen LogP contribution in [0.4, 0.5) is 8.78 Å². The third-order valence-electron chi connectivity index (χ3n) is 4.86. The van der Waals surface area contributed by atoms with Gasteiger partial charge in [0, 0.05) is 54.9 Å². The minimum absolute atomic E-state index is 0.0131. The number of hydrogen-bond acceptors (Lipinski definition) is 4. The molecule has 0 bridgehead atoms. The van der Waals surface area contributed by atoms with E-state index in [4.69, 9.17) is 0 Å². The van der Waals surface area contributed by atoms with Gasteiger partial charge in [-0.15, -0.1) is 0 Å². The van der Waals surface area contributed by atoms with Gasteiger partial charge < -0.3 is 9.88 Å². The number of carbonyl (C=O) groups is 1. The number of hydrogen-bond donors (Lipinski definition) is 1. The summed E-state index contributed by atoms with van der Waals surface area (Å²) in [5.74, 6) is -1.31. The van der Waals surface area contributed by atoms with Crippen molar-refractivity contribution in [2.45, 2.75) is 25.7 Å². The lowest BCUT2D eigenvalue weighted by atomic mass is 9.92. The highest BCUT2D eigenvalue weighted by Gasteiger charge is 2.29. The van der Waals surface area contributed by atoms with E-state index in [9.17, 15) is 13.6 Å². The van der Waals surface area contributed by atoms with E-state index >= 15 is 0 Å². The second-order valence-corrected chi connectivity index (χ2v) is 6.95. The summed E-state index contributed by atoms with van der Waals surface area (Å²) >= 11 is 0. The van der Waals surface area contributed by atoms with Crippen molar-refractivity contribution in [3.8, 4) is 11.5 Å². The van der Waals surface area contributed by atoms with E-state index in [0.29, 0.717) is 24.6 Å². The zero-order valence-electron chi connectivity index (χ0n) is 15.3. The van der Waals surface area contributed by atoms with Crippen molar-refractivity contribution < 1.29 is 13.6 Å². The minimum atomic E-state index is -0.763. The van der Waals surface area contributed by atoms with Gasteiger partial charge in [-0.05, 0) is 31.9 Å². The van der Waals surface area contributed by atoms with E-state index in [0.717, 1.165) is 42.4 Å². The van der Waals surface area contributed by atoms with Crippen LogP contribution >= 0.6 is 0 Å². The molecule has 1 N–H and O–H groups in total. The third-order valence-corrected chi connectivity index (χ3v) is 4.86. The first-order valence-corrected chi connectivity index (χ1v) is 9.09. The number of likely N-dealkylation sites (tertiary alicyclic amines) is 1. The molecule has 144 valence electrons. The van der Waals surface area contributed by atoms with Crippen LogP contribution < -0.4 is 0 Å². The zero-order chi connectivity index (χ0) is 19.7. The fourth-order valence-corrected chi connectivity index (χ4v) is 3.61. The average molecular weight is 383 g/mol. The summed E-state index contributed by atoms with van der Waals surface area (Å²) in [7, 11) is 0. The largest absolute Gasteiger partial charge is 0.341 e. The van der Waals surface area contributed by atoms with Gasteiger partial charge in [0.15, 0.2) is 5.82 Å². The summed E-state index contributed by atoms with van der Waals surface area (Å²) in [6, 6.07) is 2.88. The Morgan fingerprint density at radius 3 is 2.61 bits per heavy atom. The smallest absolute Gasteiger partial charge is 0.254 e. The number of benzene rings is 1. The summed E-state index contributed by atoms with van der Waals surface area (Å²) in [5, 5.41) is 0. The van der Waals surface area contributed by atoms with Gasteiger partial charge in [-0.1, -0.05) is 0 Å². The molecule has 1 fully saturated rings. The molecular weight excluding hydrogens is 364 g/mol. The molecule has 6 nitrogen and oxygen atoms in total. The van der Waals surface area contributed by atoms with Crippen molar-refractivity contribution >= 4 is 5.91 Å². The van der Waals surface area contributed by atoms with Crippen LogP contribution in [-0.4, -0.2) is 43.8 Å². The molecule has 28 heavy (non-hydrogen) atoms. The van der Waals surface area contributed by atoms with Gasteiger partial charge in [0.25, 0.3) is 5.91 Å². The fourth-order valence-electron chi connectivity index (χ4n) is 3.61. The SMILES string of the molecule is Cc1cnc(-c2nccnc2[C@@H]2CCCN(C(=O)c3cc(F)cc(F)c3)C2)[nH]1. The second kappa shape index (κ2) is 7.46. The van der Waals surface area contributed by atoms with Crippen LogP contribution in [0.1, 0.15) is 40.5 Å². The molecule has 0 radical (unpaired) electrons. The topological polar surface area (TPSA) is 74.8 Å². The number of nitrogens with zero attached hydrogens (tertiary/aromatic N) is 4. The lowest BCUT2D eigenvalue weighted by Gasteiger charge is -2.33. The molecule has 0 spiro atoms. The highest BCUT2D eigenvalue weighted by atomic mass is 19.1. The number of carbonyl (C=O) groups excluding carboxylic acids is 1. The molecule has 1 amide bonds. The first-order chi connectivity index (χ1) is 13.5. The highest BCUT2D eigenvalue weighted by Crippen LogP contribution is 2.31. The minimum Gasteiger partial charge on any atom is -0.341 e. The molecule has 4 rings (SSSR count). The molecule has 1 aromatic carbocycles. The first kappa shape index (κ1) is 18.2. The maximum atomic E-state index is 13.5. The Morgan fingerprint density at radius 2 is 1.89 bits per heavy atom. The highest BCUT2D eigenvalue weighted by molar-refractivity contribution is 5.94. The molecule has 1 aliphatic heterocycles. The zero-order valence-corrected chi connectivity index (χ0v) is 15.3. The number of aromatic amines is 1. The van der Waals surface area contributed by atoms with E-state index in [1.54, 1.807) is 23.5 Å². The Labute approximate surface area is 160 Å². The molecule has 1 atom stereocenters. The van der Waals surface area contributed by atoms with Crippen LogP contribution in [0.25, 0.3) is 11.5 Å². The van der Waals surface area contributed by atoms with Gasteiger partial charge in [-0.2, -0.15) is 0 Å². The molecule has 8 heteroatoms. The molecule has 1 aliphatic rings. The number of H-pyrrole nitrogens is 1. The number of rotatable bonds is 3. The van der Waals surface area contributed by atoms with Crippen molar-refractivity contribution in [3.63, 3.8) is 0 Å². The van der Waals surface area contributed by atoms with Crippen LogP contribution in [0.3, 0.4) is 0 Å². The molecular formula is C20H19F2N5O. The van der Waals surface area contributed by atoms with Crippen LogP contribution in [0, 0.1) is 18.6 Å². The maximum Gasteiger partial charge on any atom is 0.254 e. The molecule has 3 heterocycles. The maximum absolute atomic E-state index is 13.5.